The number of benzene rings is 2. The average Bonchev–Trinajstić information content (AvgIpc) is 3.14. The number of methoxy groups -OCH3 is 2. The Bertz CT molecular complexity index is 874. The number of fused-ring (bicyclic) bond motifs is 1. The van der Waals surface area contributed by atoms with Crippen molar-refractivity contribution >= 4 is 18.0 Å². The van der Waals surface area contributed by atoms with Gasteiger partial charge < -0.3 is 24.3 Å². The van der Waals surface area contributed by atoms with E-state index in [0.29, 0.717) is 28.4 Å². The van der Waals surface area contributed by atoms with Gasteiger partial charge >= 0.3 is 5.97 Å². The first-order valence-corrected chi connectivity index (χ1v) is 7.76. The van der Waals surface area contributed by atoms with E-state index >= 15 is 0 Å². The van der Waals surface area contributed by atoms with Crippen LogP contribution >= 0.6 is 0 Å². The van der Waals surface area contributed by atoms with Gasteiger partial charge in [-0.25, -0.2) is 4.79 Å². The van der Waals surface area contributed by atoms with E-state index in [0.717, 1.165) is 0 Å². The van der Waals surface area contributed by atoms with Gasteiger partial charge in [0.25, 0.3) is 5.91 Å². The van der Waals surface area contributed by atoms with Crippen LogP contribution in [0.25, 0.3) is 6.08 Å². The van der Waals surface area contributed by atoms with Crippen molar-refractivity contribution in [3.63, 3.8) is 0 Å². The van der Waals surface area contributed by atoms with Crippen molar-refractivity contribution in [3.05, 3.63) is 59.3 Å². The van der Waals surface area contributed by atoms with Crippen molar-refractivity contribution in [1.29, 1.82) is 0 Å². The Morgan fingerprint density at radius 1 is 1.08 bits per heavy atom. The summed E-state index contributed by atoms with van der Waals surface area (Å²) in [6.07, 6.45) is 1.50. The quantitative estimate of drug-likeness (QED) is 0.655. The lowest BCUT2D eigenvalue weighted by atomic mass is 10.1. The van der Waals surface area contributed by atoms with Crippen molar-refractivity contribution < 1.29 is 28.5 Å². The third-order valence-electron chi connectivity index (χ3n) is 3.71. The summed E-state index contributed by atoms with van der Waals surface area (Å²) >= 11 is 0. The fourth-order valence-electron chi connectivity index (χ4n) is 2.45. The standard InChI is InChI=1S/C19H17NO6/c1-23-15-6-4-3-5-13(15)18(21)20-14(19(22)24-2)9-12-7-8-16-17(10-12)26-11-25-16/h3-10H,11H2,1-2H3,(H,20,21)/b14-9-. The zero-order valence-corrected chi connectivity index (χ0v) is 14.3. The molecule has 1 heterocycles. The van der Waals surface area contributed by atoms with Crippen LogP contribution in [0.3, 0.4) is 0 Å². The minimum absolute atomic E-state index is 0.0118. The number of ether oxygens (including phenoxy) is 4. The summed E-state index contributed by atoms with van der Waals surface area (Å²) in [7, 11) is 2.71. The molecule has 1 aliphatic heterocycles. The fraction of sp³-hybridized carbons (Fsp3) is 0.158. The van der Waals surface area contributed by atoms with Crippen LogP contribution in [0.2, 0.25) is 0 Å². The highest BCUT2D eigenvalue weighted by Gasteiger charge is 2.19. The van der Waals surface area contributed by atoms with E-state index in [1.54, 1.807) is 42.5 Å². The molecule has 3 rings (SSSR count). The number of carbonyl (C=O) groups is 2. The van der Waals surface area contributed by atoms with Gasteiger partial charge in [0, 0.05) is 0 Å². The number of hydrogen-bond donors (Lipinski definition) is 1. The number of esters is 1. The Morgan fingerprint density at radius 2 is 1.85 bits per heavy atom. The van der Waals surface area contributed by atoms with Gasteiger partial charge in [-0.15, -0.1) is 0 Å². The molecule has 134 valence electrons. The molecule has 26 heavy (non-hydrogen) atoms. The smallest absolute Gasteiger partial charge is 0.354 e. The molecule has 0 aliphatic carbocycles. The summed E-state index contributed by atoms with van der Waals surface area (Å²) in [6, 6.07) is 11.9. The Labute approximate surface area is 150 Å². The van der Waals surface area contributed by atoms with Crippen molar-refractivity contribution in [3.8, 4) is 17.2 Å². The number of rotatable bonds is 5. The SMILES string of the molecule is COC(=O)/C(=C/c1ccc2c(c1)OCO2)NC(=O)c1ccccc1OC. The highest BCUT2D eigenvalue weighted by atomic mass is 16.7. The van der Waals surface area contributed by atoms with Crippen LogP contribution in [0.5, 0.6) is 17.2 Å². The Hall–Kier alpha value is -3.48. The molecule has 0 atom stereocenters. The molecule has 0 aromatic heterocycles. The predicted octanol–water partition coefficient (Wildman–Crippen LogP) is 2.37. The van der Waals surface area contributed by atoms with Gasteiger partial charge in [-0.2, -0.15) is 0 Å². The second kappa shape index (κ2) is 7.60. The summed E-state index contributed by atoms with van der Waals surface area (Å²) in [4.78, 5) is 24.6. The number of para-hydroxylation sites is 1. The van der Waals surface area contributed by atoms with Crippen LogP contribution in [0.1, 0.15) is 15.9 Å². The number of carbonyl (C=O) groups excluding carboxylic acids is 2. The van der Waals surface area contributed by atoms with Crippen molar-refractivity contribution in [1.82, 2.24) is 5.32 Å². The van der Waals surface area contributed by atoms with E-state index in [9.17, 15) is 9.59 Å². The Balaban J connectivity index is 1.89. The first kappa shape index (κ1) is 17.3. The van der Waals surface area contributed by atoms with E-state index in [1.807, 2.05) is 0 Å². The number of hydrogen-bond acceptors (Lipinski definition) is 6. The van der Waals surface area contributed by atoms with Crippen LogP contribution in [0.4, 0.5) is 0 Å². The highest BCUT2D eigenvalue weighted by molar-refractivity contribution is 6.04. The first-order valence-electron chi connectivity index (χ1n) is 7.76. The second-order valence-electron chi connectivity index (χ2n) is 5.32. The van der Waals surface area contributed by atoms with Crippen LogP contribution in [0, 0.1) is 0 Å². The normalized spacial score (nSPS) is 12.5. The zero-order valence-electron chi connectivity index (χ0n) is 14.3. The van der Waals surface area contributed by atoms with E-state index in [1.165, 1.54) is 20.3 Å². The van der Waals surface area contributed by atoms with Crippen molar-refractivity contribution in [2.24, 2.45) is 0 Å². The lowest BCUT2D eigenvalue weighted by Gasteiger charge is -2.11. The van der Waals surface area contributed by atoms with E-state index in [2.05, 4.69) is 5.32 Å². The van der Waals surface area contributed by atoms with E-state index in [-0.39, 0.29) is 12.5 Å². The second-order valence-corrected chi connectivity index (χ2v) is 5.32. The largest absolute Gasteiger partial charge is 0.496 e. The van der Waals surface area contributed by atoms with Crippen molar-refractivity contribution in [2.45, 2.75) is 0 Å². The lowest BCUT2D eigenvalue weighted by molar-refractivity contribution is -0.136. The van der Waals surface area contributed by atoms with Crippen LogP contribution in [0.15, 0.2) is 48.2 Å². The van der Waals surface area contributed by atoms with Crippen LogP contribution < -0.4 is 19.5 Å². The molecule has 2 aromatic carbocycles. The molecule has 7 nitrogen and oxygen atoms in total. The number of nitrogens with one attached hydrogen (secondary N) is 1. The zero-order chi connectivity index (χ0) is 18.5. The van der Waals surface area contributed by atoms with Crippen molar-refractivity contribution in [2.75, 3.05) is 21.0 Å². The Kier molecular flexibility index (Phi) is 5.07. The Morgan fingerprint density at radius 3 is 2.62 bits per heavy atom. The van der Waals surface area contributed by atoms with Gasteiger partial charge in [-0.3, -0.25) is 4.79 Å². The summed E-state index contributed by atoms with van der Waals surface area (Å²) in [5.41, 5.74) is 0.938. The average molecular weight is 355 g/mol. The fourth-order valence-corrected chi connectivity index (χ4v) is 2.45. The summed E-state index contributed by atoms with van der Waals surface area (Å²) in [6.45, 7) is 0.150. The minimum Gasteiger partial charge on any atom is -0.496 e. The van der Waals surface area contributed by atoms with Gasteiger partial charge in [-0.1, -0.05) is 18.2 Å². The van der Waals surface area contributed by atoms with Gasteiger partial charge in [-0.05, 0) is 35.9 Å². The summed E-state index contributed by atoms with van der Waals surface area (Å²) in [5, 5.41) is 2.57. The molecule has 1 N–H and O–H groups in total. The van der Waals surface area contributed by atoms with E-state index in [4.69, 9.17) is 18.9 Å². The minimum atomic E-state index is -0.675. The molecule has 0 saturated carbocycles. The molecule has 0 unspecified atom stereocenters. The maximum absolute atomic E-state index is 12.5. The molecule has 0 saturated heterocycles. The van der Waals surface area contributed by atoms with Crippen LogP contribution in [-0.2, 0) is 9.53 Å². The molecule has 0 radical (unpaired) electrons. The first-order chi connectivity index (χ1) is 12.6. The van der Waals surface area contributed by atoms with Crippen LogP contribution in [-0.4, -0.2) is 32.9 Å². The molecule has 1 amide bonds. The third kappa shape index (κ3) is 3.61. The summed E-state index contributed by atoms with van der Waals surface area (Å²) in [5.74, 6) is 0.432. The van der Waals surface area contributed by atoms with Gasteiger partial charge in [0.2, 0.25) is 6.79 Å². The molecule has 0 spiro atoms. The molecular weight excluding hydrogens is 338 g/mol. The monoisotopic (exact) mass is 355 g/mol. The molecule has 1 aliphatic rings. The molecule has 2 aromatic rings. The third-order valence-corrected chi connectivity index (χ3v) is 3.71. The maximum Gasteiger partial charge on any atom is 0.354 e. The maximum atomic E-state index is 12.5. The lowest BCUT2D eigenvalue weighted by Crippen LogP contribution is -2.28. The summed E-state index contributed by atoms with van der Waals surface area (Å²) < 4.78 is 20.5. The number of amides is 1. The molecule has 0 fully saturated rings. The van der Waals surface area contributed by atoms with Gasteiger partial charge in [0.05, 0.1) is 19.8 Å². The highest BCUT2D eigenvalue weighted by Crippen LogP contribution is 2.33. The van der Waals surface area contributed by atoms with Gasteiger partial charge in [0.1, 0.15) is 11.4 Å². The molecule has 7 heteroatoms. The molecular formula is C19H17NO6. The van der Waals surface area contributed by atoms with Gasteiger partial charge in [0.15, 0.2) is 11.5 Å². The predicted molar refractivity (Wildman–Crippen MR) is 93.0 cm³/mol. The topological polar surface area (TPSA) is 83.1 Å². The van der Waals surface area contributed by atoms with E-state index < -0.39 is 11.9 Å². The molecule has 0 bridgehead atoms.